The van der Waals surface area contributed by atoms with Crippen molar-refractivity contribution in [3.8, 4) is 0 Å². The number of rotatable bonds is 13. The molecule has 2 unspecified atom stereocenters. The largest absolute Gasteiger partial charge is 0.444 e. The lowest BCUT2D eigenvalue weighted by Gasteiger charge is -2.35. The zero-order chi connectivity index (χ0) is 27.5. The third kappa shape index (κ3) is 10.5. The predicted molar refractivity (Wildman–Crippen MR) is 141 cm³/mol. The second-order valence-electron chi connectivity index (χ2n) is 10.0. The summed E-state index contributed by atoms with van der Waals surface area (Å²) in [6.07, 6.45) is 2.13. The van der Waals surface area contributed by atoms with Crippen LogP contribution in [0.5, 0.6) is 0 Å². The zero-order valence-electron chi connectivity index (χ0n) is 22.4. The number of hydrogen-bond donors (Lipinski definition) is 3. The van der Waals surface area contributed by atoms with Gasteiger partial charge in [0, 0.05) is 19.0 Å². The van der Waals surface area contributed by atoms with Crippen LogP contribution in [-0.2, 0) is 19.1 Å². The summed E-state index contributed by atoms with van der Waals surface area (Å²) in [6, 6.07) is 5.02. The van der Waals surface area contributed by atoms with E-state index < -0.39 is 35.6 Å². The molecule has 0 bridgehead atoms. The Labute approximate surface area is 214 Å². The molecule has 0 fully saturated rings. The first-order chi connectivity index (χ1) is 16.8. The quantitative estimate of drug-likeness (QED) is 0.379. The zero-order valence-corrected chi connectivity index (χ0v) is 22.4. The number of alkyl carbamates (subject to hydrolysis) is 1. The highest BCUT2D eigenvalue weighted by atomic mass is 16.6. The SMILES string of the molecule is C=Cc1cccc(C(C(=O)NC(C)C)N(CCCC)C(=O)C(CCC(N)=O)NC(=O)OC(C)(C)C)c1. The molecule has 2 atom stereocenters. The Morgan fingerprint density at radius 2 is 1.83 bits per heavy atom. The fourth-order valence-electron chi connectivity index (χ4n) is 3.58. The number of nitrogens with two attached hydrogens (primary N) is 1. The van der Waals surface area contributed by atoms with Crippen molar-refractivity contribution in [1.82, 2.24) is 15.5 Å². The summed E-state index contributed by atoms with van der Waals surface area (Å²) in [7, 11) is 0. The summed E-state index contributed by atoms with van der Waals surface area (Å²) >= 11 is 0. The summed E-state index contributed by atoms with van der Waals surface area (Å²) in [5, 5.41) is 5.49. The molecule has 0 aliphatic heterocycles. The van der Waals surface area contributed by atoms with Crippen molar-refractivity contribution in [3.05, 3.63) is 42.0 Å². The lowest BCUT2D eigenvalue weighted by Crippen LogP contribution is -2.54. The van der Waals surface area contributed by atoms with Crippen LogP contribution in [0.4, 0.5) is 4.79 Å². The van der Waals surface area contributed by atoms with Gasteiger partial charge in [-0.05, 0) is 64.7 Å². The summed E-state index contributed by atoms with van der Waals surface area (Å²) in [4.78, 5) is 52.9. The van der Waals surface area contributed by atoms with Crippen molar-refractivity contribution in [2.75, 3.05) is 6.54 Å². The highest BCUT2D eigenvalue weighted by Crippen LogP contribution is 2.25. The lowest BCUT2D eigenvalue weighted by atomic mass is 9.99. The van der Waals surface area contributed by atoms with Gasteiger partial charge in [-0.2, -0.15) is 0 Å². The first-order valence-corrected chi connectivity index (χ1v) is 12.4. The molecule has 0 spiro atoms. The number of carbonyl (C=O) groups excluding carboxylic acids is 4. The maximum atomic E-state index is 13.9. The third-order valence-corrected chi connectivity index (χ3v) is 5.16. The average molecular weight is 503 g/mol. The Kier molecular flexibility index (Phi) is 12.1. The number of primary amides is 1. The normalized spacial score (nSPS) is 12.9. The van der Waals surface area contributed by atoms with Crippen LogP contribution in [0.3, 0.4) is 0 Å². The Morgan fingerprint density at radius 3 is 2.36 bits per heavy atom. The number of unbranched alkanes of at least 4 members (excludes halogenated alkanes) is 1. The van der Waals surface area contributed by atoms with Crippen LogP contribution in [-0.4, -0.2) is 52.9 Å². The maximum absolute atomic E-state index is 13.9. The monoisotopic (exact) mass is 502 g/mol. The van der Waals surface area contributed by atoms with Gasteiger partial charge in [0.2, 0.25) is 17.7 Å². The first-order valence-electron chi connectivity index (χ1n) is 12.4. The molecule has 9 heteroatoms. The predicted octanol–water partition coefficient (Wildman–Crippen LogP) is 3.68. The van der Waals surface area contributed by atoms with Gasteiger partial charge < -0.3 is 26.0 Å². The van der Waals surface area contributed by atoms with Gasteiger partial charge in [-0.1, -0.05) is 44.2 Å². The van der Waals surface area contributed by atoms with Gasteiger partial charge in [-0.15, -0.1) is 0 Å². The Morgan fingerprint density at radius 1 is 1.17 bits per heavy atom. The second-order valence-corrected chi connectivity index (χ2v) is 10.0. The summed E-state index contributed by atoms with van der Waals surface area (Å²) in [5.41, 5.74) is 5.96. The van der Waals surface area contributed by atoms with Gasteiger partial charge in [0.25, 0.3) is 0 Å². The molecule has 0 saturated carbocycles. The Bertz CT molecular complexity index is 923. The highest BCUT2D eigenvalue weighted by Gasteiger charge is 2.36. The molecule has 0 aliphatic rings. The molecule has 0 aliphatic carbocycles. The highest BCUT2D eigenvalue weighted by molar-refractivity contribution is 5.92. The van der Waals surface area contributed by atoms with E-state index in [4.69, 9.17) is 10.5 Å². The van der Waals surface area contributed by atoms with E-state index in [1.807, 2.05) is 32.9 Å². The number of ether oxygens (including phenoxy) is 1. The molecular formula is C27H42N4O5. The molecule has 36 heavy (non-hydrogen) atoms. The molecule has 0 radical (unpaired) electrons. The van der Waals surface area contributed by atoms with E-state index in [0.29, 0.717) is 12.0 Å². The average Bonchev–Trinajstić information content (AvgIpc) is 2.77. The van der Waals surface area contributed by atoms with Crippen LogP contribution in [0.1, 0.15) is 84.4 Å². The molecule has 1 aromatic rings. The molecule has 4 amide bonds. The van der Waals surface area contributed by atoms with Gasteiger partial charge >= 0.3 is 6.09 Å². The van der Waals surface area contributed by atoms with Crippen molar-refractivity contribution in [2.24, 2.45) is 5.73 Å². The van der Waals surface area contributed by atoms with Gasteiger partial charge in [0.15, 0.2) is 0 Å². The van der Waals surface area contributed by atoms with Crippen LogP contribution in [0, 0.1) is 0 Å². The number of carbonyl (C=O) groups is 4. The van der Waals surface area contributed by atoms with E-state index in [2.05, 4.69) is 17.2 Å². The van der Waals surface area contributed by atoms with E-state index in [9.17, 15) is 19.2 Å². The minimum absolute atomic E-state index is 0.0265. The number of hydrogen-bond acceptors (Lipinski definition) is 5. The van der Waals surface area contributed by atoms with E-state index >= 15 is 0 Å². The molecule has 9 nitrogen and oxygen atoms in total. The summed E-state index contributed by atoms with van der Waals surface area (Å²) < 4.78 is 5.33. The van der Waals surface area contributed by atoms with Crippen molar-refractivity contribution in [3.63, 3.8) is 0 Å². The summed E-state index contributed by atoms with van der Waals surface area (Å²) in [6.45, 7) is 14.9. The van der Waals surface area contributed by atoms with Crippen molar-refractivity contribution < 1.29 is 23.9 Å². The number of nitrogens with one attached hydrogen (secondary N) is 2. The van der Waals surface area contributed by atoms with Crippen LogP contribution < -0.4 is 16.4 Å². The standard InChI is InChI=1S/C27H42N4O5/c1-8-10-16-31(23(24(33)29-18(3)4)20-13-11-12-19(9-2)17-20)25(34)21(14-15-22(28)32)30-26(35)36-27(5,6)7/h9,11-13,17-18,21,23H,2,8,10,14-16H2,1,3-7H3,(H2,28,32)(H,29,33)(H,30,35). The number of amides is 4. The number of nitrogens with zero attached hydrogens (tertiary/aromatic N) is 1. The Balaban J connectivity index is 3.51. The van der Waals surface area contributed by atoms with E-state index in [1.165, 1.54) is 4.90 Å². The molecule has 0 aromatic heterocycles. The minimum atomic E-state index is -1.11. The lowest BCUT2D eigenvalue weighted by molar-refractivity contribution is -0.143. The molecule has 1 aromatic carbocycles. The molecule has 4 N–H and O–H groups in total. The van der Waals surface area contributed by atoms with Crippen LogP contribution in [0.15, 0.2) is 30.8 Å². The molecule has 0 heterocycles. The minimum Gasteiger partial charge on any atom is -0.444 e. The fourth-order valence-corrected chi connectivity index (χ4v) is 3.58. The van der Waals surface area contributed by atoms with Crippen molar-refractivity contribution in [2.45, 2.75) is 91.0 Å². The first kappa shape index (κ1) is 30.7. The molecule has 1 rings (SSSR count). The smallest absolute Gasteiger partial charge is 0.408 e. The molecule has 0 saturated heterocycles. The Hall–Kier alpha value is -3.36. The molecule has 200 valence electrons. The molecular weight excluding hydrogens is 460 g/mol. The van der Waals surface area contributed by atoms with Crippen molar-refractivity contribution in [1.29, 1.82) is 0 Å². The van der Waals surface area contributed by atoms with E-state index in [1.54, 1.807) is 39.0 Å². The van der Waals surface area contributed by atoms with Gasteiger partial charge in [-0.25, -0.2) is 4.79 Å². The van der Waals surface area contributed by atoms with Crippen LogP contribution in [0.2, 0.25) is 0 Å². The van der Waals surface area contributed by atoms with Crippen molar-refractivity contribution >= 4 is 29.9 Å². The second kappa shape index (κ2) is 14.3. The van der Waals surface area contributed by atoms with Crippen LogP contribution >= 0.6 is 0 Å². The maximum Gasteiger partial charge on any atom is 0.408 e. The van der Waals surface area contributed by atoms with Crippen LogP contribution in [0.25, 0.3) is 6.08 Å². The fraction of sp³-hybridized carbons (Fsp3) is 0.556. The van der Waals surface area contributed by atoms with Gasteiger partial charge in [0.1, 0.15) is 17.7 Å². The van der Waals surface area contributed by atoms with Gasteiger partial charge in [0.05, 0.1) is 0 Å². The third-order valence-electron chi connectivity index (χ3n) is 5.16. The van der Waals surface area contributed by atoms with E-state index in [0.717, 1.165) is 12.0 Å². The van der Waals surface area contributed by atoms with E-state index in [-0.39, 0.29) is 31.3 Å². The number of benzene rings is 1. The topological polar surface area (TPSA) is 131 Å². The summed E-state index contributed by atoms with van der Waals surface area (Å²) in [5.74, 6) is -1.45. The van der Waals surface area contributed by atoms with Gasteiger partial charge in [-0.3, -0.25) is 14.4 Å².